The number of ether oxygens (including phenoxy) is 1. The fourth-order valence-electron chi connectivity index (χ4n) is 3.22. The summed E-state index contributed by atoms with van der Waals surface area (Å²) in [5.41, 5.74) is 0. The fraction of sp³-hybridized carbons (Fsp3) is 1.00. The van der Waals surface area contributed by atoms with Gasteiger partial charge in [-0.3, -0.25) is 0 Å². The summed E-state index contributed by atoms with van der Waals surface area (Å²) < 4.78 is 6.08. The first-order valence-corrected chi connectivity index (χ1v) is 11.0. The lowest BCUT2D eigenvalue weighted by molar-refractivity contribution is 0.0406. The zero-order valence-electron chi connectivity index (χ0n) is 16.7. The number of hydrogen-bond acceptors (Lipinski definition) is 1. The quantitative estimate of drug-likeness (QED) is 0.218. The third-order valence-electron chi connectivity index (χ3n) is 4.94. The molecule has 0 bridgehead atoms. The van der Waals surface area contributed by atoms with E-state index in [1.54, 1.807) is 0 Å². The van der Waals surface area contributed by atoms with Crippen LogP contribution in [-0.2, 0) is 4.74 Å². The molecule has 0 saturated carbocycles. The van der Waals surface area contributed by atoms with E-state index in [1.807, 2.05) is 0 Å². The van der Waals surface area contributed by atoms with Gasteiger partial charge >= 0.3 is 0 Å². The molecule has 1 unspecified atom stereocenters. The molecule has 1 heteroatoms. The Morgan fingerprint density at radius 3 is 1.43 bits per heavy atom. The summed E-state index contributed by atoms with van der Waals surface area (Å²) in [6, 6.07) is 0. The first-order chi connectivity index (χ1) is 11.3. The van der Waals surface area contributed by atoms with Crippen LogP contribution >= 0.6 is 0 Å². The van der Waals surface area contributed by atoms with Crippen LogP contribution in [0.3, 0.4) is 0 Å². The highest BCUT2D eigenvalue weighted by molar-refractivity contribution is 4.57. The molecule has 0 aliphatic rings. The van der Waals surface area contributed by atoms with Crippen LogP contribution in [0.25, 0.3) is 0 Å². The Balaban J connectivity index is 3.28. The van der Waals surface area contributed by atoms with E-state index in [-0.39, 0.29) is 0 Å². The van der Waals surface area contributed by atoms with Gasteiger partial charge in [0.05, 0.1) is 6.10 Å². The Bertz CT molecular complexity index is 202. The van der Waals surface area contributed by atoms with Crippen LogP contribution < -0.4 is 0 Å². The predicted octanol–water partition coefficient (Wildman–Crippen LogP) is 8.06. The lowest BCUT2D eigenvalue weighted by Gasteiger charge is -2.16. The van der Waals surface area contributed by atoms with E-state index in [2.05, 4.69) is 20.8 Å². The molecule has 1 atom stereocenters. The molecule has 0 fully saturated rings. The molecular formula is C22H46O. The Morgan fingerprint density at radius 1 is 0.522 bits per heavy atom. The van der Waals surface area contributed by atoms with Crippen molar-refractivity contribution in [3.63, 3.8) is 0 Å². The second-order valence-electron chi connectivity index (χ2n) is 7.29. The first-order valence-electron chi connectivity index (χ1n) is 11.0. The molecule has 0 rings (SSSR count). The van der Waals surface area contributed by atoms with Gasteiger partial charge in [-0.2, -0.15) is 0 Å². The van der Waals surface area contributed by atoms with Gasteiger partial charge in [0.15, 0.2) is 0 Å². The maximum Gasteiger partial charge on any atom is 0.0572 e. The maximum absolute atomic E-state index is 6.08. The van der Waals surface area contributed by atoms with Crippen LogP contribution in [0.1, 0.15) is 130 Å². The zero-order chi connectivity index (χ0) is 17.0. The summed E-state index contributed by atoms with van der Waals surface area (Å²) in [6.45, 7) is 7.84. The van der Waals surface area contributed by atoms with Crippen LogP contribution in [0.4, 0.5) is 0 Å². The average Bonchev–Trinajstić information content (AvgIpc) is 2.57. The minimum absolute atomic E-state index is 0.523. The SMILES string of the molecule is CCCCCCCCCCOC(CC)CCCCCCCCC. The molecule has 0 amide bonds. The Hall–Kier alpha value is -0.0400. The Morgan fingerprint density at radius 2 is 0.957 bits per heavy atom. The molecule has 0 aliphatic carbocycles. The van der Waals surface area contributed by atoms with Gasteiger partial charge in [-0.25, -0.2) is 0 Å². The molecule has 0 aromatic carbocycles. The van der Waals surface area contributed by atoms with E-state index in [1.165, 1.54) is 109 Å². The maximum atomic E-state index is 6.08. The smallest absolute Gasteiger partial charge is 0.0572 e. The summed E-state index contributed by atoms with van der Waals surface area (Å²) >= 11 is 0. The molecule has 140 valence electrons. The molecule has 0 aliphatic heterocycles. The predicted molar refractivity (Wildman–Crippen MR) is 105 cm³/mol. The van der Waals surface area contributed by atoms with Crippen LogP contribution in [0.15, 0.2) is 0 Å². The monoisotopic (exact) mass is 326 g/mol. The van der Waals surface area contributed by atoms with Gasteiger partial charge in [-0.15, -0.1) is 0 Å². The summed E-state index contributed by atoms with van der Waals surface area (Å²) in [7, 11) is 0. The van der Waals surface area contributed by atoms with Crippen molar-refractivity contribution in [1.29, 1.82) is 0 Å². The van der Waals surface area contributed by atoms with E-state index < -0.39 is 0 Å². The molecule has 0 radical (unpaired) electrons. The number of rotatable bonds is 19. The standard InChI is InChI=1S/C22H46O/c1-4-7-9-11-13-15-17-19-21-23-22(6-3)20-18-16-14-12-10-8-5-2/h22H,4-21H2,1-3H3. The van der Waals surface area contributed by atoms with Crippen molar-refractivity contribution in [2.45, 2.75) is 136 Å². The zero-order valence-corrected chi connectivity index (χ0v) is 16.7. The minimum atomic E-state index is 0.523. The topological polar surface area (TPSA) is 9.23 Å². The van der Waals surface area contributed by atoms with Crippen LogP contribution in [0.5, 0.6) is 0 Å². The summed E-state index contributed by atoms with van der Waals surface area (Å²) in [5.74, 6) is 0. The van der Waals surface area contributed by atoms with Gasteiger partial charge in [0.1, 0.15) is 0 Å². The first kappa shape index (κ1) is 23.0. The second kappa shape index (κ2) is 20.0. The second-order valence-corrected chi connectivity index (χ2v) is 7.29. The number of unbranched alkanes of at least 4 members (excludes halogenated alkanes) is 13. The van der Waals surface area contributed by atoms with E-state index in [0.717, 1.165) is 6.61 Å². The van der Waals surface area contributed by atoms with E-state index in [0.29, 0.717) is 6.10 Å². The Labute approximate surface area is 148 Å². The van der Waals surface area contributed by atoms with Gasteiger partial charge in [-0.1, -0.05) is 111 Å². The van der Waals surface area contributed by atoms with E-state index >= 15 is 0 Å². The lowest BCUT2D eigenvalue weighted by Crippen LogP contribution is -2.12. The molecule has 0 spiro atoms. The highest BCUT2D eigenvalue weighted by Gasteiger charge is 2.05. The molecule has 1 nitrogen and oxygen atoms in total. The molecule has 0 aromatic heterocycles. The molecule has 0 saturated heterocycles. The van der Waals surface area contributed by atoms with Crippen molar-refractivity contribution in [2.24, 2.45) is 0 Å². The average molecular weight is 327 g/mol. The highest BCUT2D eigenvalue weighted by atomic mass is 16.5. The number of hydrogen-bond donors (Lipinski definition) is 0. The molecule has 0 aromatic rings. The van der Waals surface area contributed by atoms with Crippen molar-refractivity contribution in [1.82, 2.24) is 0 Å². The lowest BCUT2D eigenvalue weighted by atomic mass is 10.1. The third-order valence-corrected chi connectivity index (χ3v) is 4.94. The van der Waals surface area contributed by atoms with Crippen molar-refractivity contribution in [2.75, 3.05) is 6.61 Å². The van der Waals surface area contributed by atoms with E-state index in [4.69, 9.17) is 4.74 Å². The third kappa shape index (κ3) is 18.1. The van der Waals surface area contributed by atoms with Crippen molar-refractivity contribution in [3.05, 3.63) is 0 Å². The highest BCUT2D eigenvalue weighted by Crippen LogP contribution is 2.14. The molecular weight excluding hydrogens is 280 g/mol. The molecule has 0 N–H and O–H groups in total. The fourth-order valence-corrected chi connectivity index (χ4v) is 3.22. The van der Waals surface area contributed by atoms with Crippen molar-refractivity contribution < 1.29 is 4.74 Å². The van der Waals surface area contributed by atoms with Gasteiger partial charge in [-0.05, 0) is 19.3 Å². The van der Waals surface area contributed by atoms with Gasteiger partial charge in [0.2, 0.25) is 0 Å². The molecule has 0 heterocycles. The summed E-state index contributed by atoms with van der Waals surface area (Å²) in [4.78, 5) is 0. The normalized spacial score (nSPS) is 12.7. The van der Waals surface area contributed by atoms with Gasteiger partial charge < -0.3 is 4.74 Å². The van der Waals surface area contributed by atoms with Crippen molar-refractivity contribution in [3.8, 4) is 0 Å². The van der Waals surface area contributed by atoms with Crippen LogP contribution in [-0.4, -0.2) is 12.7 Å². The Kier molecular flexibility index (Phi) is 20.0. The van der Waals surface area contributed by atoms with Gasteiger partial charge in [0.25, 0.3) is 0 Å². The summed E-state index contributed by atoms with van der Waals surface area (Å²) in [5, 5.41) is 0. The van der Waals surface area contributed by atoms with Crippen molar-refractivity contribution >= 4 is 0 Å². The molecule has 23 heavy (non-hydrogen) atoms. The minimum Gasteiger partial charge on any atom is -0.378 e. The summed E-state index contributed by atoms with van der Waals surface area (Å²) in [6.07, 6.45) is 23.9. The van der Waals surface area contributed by atoms with Crippen LogP contribution in [0.2, 0.25) is 0 Å². The van der Waals surface area contributed by atoms with Crippen LogP contribution in [0, 0.1) is 0 Å². The van der Waals surface area contributed by atoms with E-state index in [9.17, 15) is 0 Å². The van der Waals surface area contributed by atoms with Gasteiger partial charge in [0, 0.05) is 6.61 Å². The largest absolute Gasteiger partial charge is 0.378 e.